The van der Waals surface area contributed by atoms with E-state index in [1.54, 1.807) is 12.1 Å². The Hall–Kier alpha value is -3.12. The first-order chi connectivity index (χ1) is 15.1. The summed E-state index contributed by atoms with van der Waals surface area (Å²) in [5, 5.41) is 4.16. The lowest BCUT2D eigenvalue weighted by atomic mass is 10.00. The van der Waals surface area contributed by atoms with Crippen LogP contribution < -0.4 is 5.32 Å². The Morgan fingerprint density at radius 1 is 1.13 bits per heavy atom. The van der Waals surface area contributed by atoms with E-state index in [1.165, 1.54) is 7.11 Å². The third-order valence-corrected chi connectivity index (χ3v) is 6.01. The van der Waals surface area contributed by atoms with Gasteiger partial charge in [0.05, 0.1) is 29.8 Å². The van der Waals surface area contributed by atoms with E-state index in [2.05, 4.69) is 22.1 Å². The van der Waals surface area contributed by atoms with Crippen molar-refractivity contribution in [3.8, 4) is 0 Å². The van der Waals surface area contributed by atoms with Gasteiger partial charge in [-0.05, 0) is 55.5 Å². The minimum atomic E-state index is -0.375. The van der Waals surface area contributed by atoms with E-state index in [0.29, 0.717) is 17.0 Å². The molecule has 1 aliphatic heterocycles. The van der Waals surface area contributed by atoms with Crippen LogP contribution in [-0.4, -0.2) is 36.8 Å². The van der Waals surface area contributed by atoms with Crippen LogP contribution in [0.4, 0.5) is 0 Å². The van der Waals surface area contributed by atoms with Gasteiger partial charge >= 0.3 is 5.97 Å². The molecule has 6 nitrogen and oxygen atoms in total. The van der Waals surface area contributed by atoms with Gasteiger partial charge in [0.1, 0.15) is 0 Å². The summed E-state index contributed by atoms with van der Waals surface area (Å²) >= 11 is 0. The lowest BCUT2D eigenvalue weighted by Crippen LogP contribution is -2.27. The molecule has 1 atom stereocenters. The van der Waals surface area contributed by atoms with Gasteiger partial charge in [0, 0.05) is 31.3 Å². The molecule has 1 fully saturated rings. The van der Waals surface area contributed by atoms with Gasteiger partial charge in [-0.25, -0.2) is 4.79 Å². The van der Waals surface area contributed by atoms with Crippen molar-refractivity contribution in [1.82, 2.24) is 9.88 Å². The van der Waals surface area contributed by atoms with Crippen LogP contribution in [0.3, 0.4) is 0 Å². The van der Waals surface area contributed by atoms with Crippen molar-refractivity contribution in [1.29, 1.82) is 0 Å². The number of hydrogen-bond donors (Lipinski definition) is 1. The van der Waals surface area contributed by atoms with E-state index in [4.69, 9.17) is 9.47 Å². The van der Waals surface area contributed by atoms with Gasteiger partial charge < -0.3 is 19.4 Å². The molecule has 1 N–H and O–H groups in total. The van der Waals surface area contributed by atoms with Crippen molar-refractivity contribution in [2.45, 2.75) is 32.4 Å². The van der Waals surface area contributed by atoms with E-state index in [-0.39, 0.29) is 17.9 Å². The quantitative estimate of drug-likeness (QED) is 0.602. The number of esters is 1. The van der Waals surface area contributed by atoms with Crippen molar-refractivity contribution in [2.24, 2.45) is 5.92 Å². The standard InChI is InChI=1S/C25H28N2O4/c1-17(19-6-8-21(9-7-19)25(29)30-2)26-24(28)22-5-3-4-20-10-13-27(23(20)22)16-18-11-14-31-15-12-18/h3-10,13,17-18H,11-12,14-16H2,1-2H3,(H,26,28)/t17-/m0/s1. The highest BCUT2D eigenvalue weighted by atomic mass is 16.5. The van der Waals surface area contributed by atoms with Crippen molar-refractivity contribution in [3.63, 3.8) is 0 Å². The van der Waals surface area contributed by atoms with Gasteiger partial charge in [0.25, 0.3) is 5.91 Å². The molecule has 31 heavy (non-hydrogen) atoms. The van der Waals surface area contributed by atoms with Gasteiger partial charge in [-0.2, -0.15) is 0 Å². The minimum Gasteiger partial charge on any atom is -0.465 e. The lowest BCUT2D eigenvalue weighted by Gasteiger charge is -2.23. The molecule has 0 saturated carbocycles. The maximum Gasteiger partial charge on any atom is 0.337 e. The van der Waals surface area contributed by atoms with Crippen LogP contribution in [-0.2, 0) is 16.0 Å². The number of nitrogens with zero attached hydrogens (tertiary/aromatic N) is 1. The topological polar surface area (TPSA) is 69.6 Å². The number of hydrogen-bond acceptors (Lipinski definition) is 4. The fourth-order valence-corrected chi connectivity index (χ4v) is 4.19. The smallest absolute Gasteiger partial charge is 0.337 e. The van der Waals surface area contributed by atoms with Gasteiger partial charge in [-0.3, -0.25) is 4.79 Å². The number of ether oxygens (including phenoxy) is 2. The fourth-order valence-electron chi connectivity index (χ4n) is 4.19. The van der Waals surface area contributed by atoms with E-state index >= 15 is 0 Å². The molecule has 2 heterocycles. The third-order valence-electron chi connectivity index (χ3n) is 6.01. The highest BCUT2D eigenvalue weighted by Gasteiger charge is 2.19. The average molecular weight is 421 g/mol. The molecule has 1 amide bonds. The van der Waals surface area contributed by atoms with Crippen LogP contribution in [0.2, 0.25) is 0 Å². The number of carbonyl (C=O) groups excluding carboxylic acids is 2. The van der Waals surface area contributed by atoms with E-state index in [9.17, 15) is 9.59 Å². The Balaban J connectivity index is 1.53. The van der Waals surface area contributed by atoms with Gasteiger partial charge in [-0.1, -0.05) is 24.3 Å². The van der Waals surface area contributed by atoms with Crippen LogP contribution in [0.15, 0.2) is 54.7 Å². The molecule has 0 unspecified atom stereocenters. The molecule has 2 aromatic carbocycles. The summed E-state index contributed by atoms with van der Waals surface area (Å²) < 4.78 is 12.4. The second kappa shape index (κ2) is 9.35. The second-order valence-corrected chi connectivity index (χ2v) is 8.08. The summed E-state index contributed by atoms with van der Waals surface area (Å²) in [4.78, 5) is 24.8. The molecule has 0 spiro atoms. The molecule has 1 saturated heterocycles. The molecule has 1 aromatic heterocycles. The van der Waals surface area contributed by atoms with E-state index < -0.39 is 0 Å². The first kappa shape index (κ1) is 21.1. The number of nitrogens with one attached hydrogen (secondary N) is 1. The molecule has 0 radical (unpaired) electrons. The van der Waals surface area contributed by atoms with Gasteiger partial charge in [0.15, 0.2) is 0 Å². The third kappa shape index (κ3) is 4.64. The molecule has 4 rings (SSSR count). The summed E-state index contributed by atoms with van der Waals surface area (Å²) in [5.74, 6) is 0.0787. The van der Waals surface area contributed by atoms with E-state index in [0.717, 1.165) is 49.1 Å². The number of amides is 1. The molecular weight excluding hydrogens is 392 g/mol. The zero-order chi connectivity index (χ0) is 21.8. The first-order valence-electron chi connectivity index (χ1n) is 10.7. The van der Waals surface area contributed by atoms with Crippen molar-refractivity contribution >= 4 is 22.8 Å². The molecule has 3 aromatic rings. The Morgan fingerprint density at radius 2 is 1.87 bits per heavy atom. The number of fused-ring (bicyclic) bond motifs is 1. The number of para-hydroxylation sites is 1. The zero-order valence-electron chi connectivity index (χ0n) is 18.0. The Morgan fingerprint density at radius 3 is 2.58 bits per heavy atom. The van der Waals surface area contributed by atoms with Crippen LogP contribution >= 0.6 is 0 Å². The zero-order valence-corrected chi connectivity index (χ0v) is 18.0. The SMILES string of the molecule is COC(=O)c1ccc([C@H](C)NC(=O)c2cccc3ccn(CC4CCOCC4)c23)cc1. The maximum absolute atomic E-state index is 13.2. The summed E-state index contributed by atoms with van der Waals surface area (Å²) in [6, 6.07) is 14.8. The Labute approximate surface area is 182 Å². The number of benzene rings is 2. The highest BCUT2D eigenvalue weighted by molar-refractivity contribution is 6.06. The predicted molar refractivity (Wildman–Crippen MR) is 119 cm³/mol. The normalized spacial score (nSPS) is 15.5. The van der Waals surface area contributed by atoms with Crippen LogP contribution in [0, 0.1) is 5.92 Å². The monoisotopic (exact) mass is 420 g/mol. The van der Waals surface area contributed by atoms with Crippen molar-refractivity contribution in [2.75, 3.05) is 20.3 Å². The molecule has 1 aliphatic rings. The fraction of sp³-hybridized carbons (Fsp3) is 0.360. The Kier molecular flexibility index (Phi) is 6.37. The van der Waals surface area contributed by atoms with Crippen molar-refractivity contribution in [3.05, 3.63) is 71.4 Å². The van der Waals surface area contributed by atoms with Crippen LogP contribution in [0.25, 0.3) is 10.9 Å². The lowest BCUT2D eigenvalue weighted by molar-refractivity contribution is 0.0600. The molecule has 162 valence electrons. The summed E-state index contributed by atoms with van der Waals surface area (Å²) in [6.45, 7) is 4.45. The number of aromatic nitrogens is 1. The van der Waals surface area contributed by atoms with E-state index in [1.807, 2.05) is 37.3 Å². The minimum absolute atomic E-state index is 0.109. The molecule has 0 bridgehead atoms. The predicted octanol–water partition coefficient (Wildman–Crippen LogP) is 4.35. The maximum atomic E-state index is 13.2. The van der Waals surface area contributed by atoms with Gasteiger partial charge in [-0.15, -0.1) is 0 Å². The van der Waals surface area contributed by atoms with Crippen molar-refractivity contribution < 1.29 is 19.1 Å². The largest absolute Gasteiger partial charge is 0.465 e. The molecule has 0 aliphatic carbocycles. The number of carbonyl (C=O) groups is 2. The second-order valence-electron chi connectivity index (χ2n) is 8.08. The first-order valence-corrected chi connectivity index (χ1v) is 10.7. The Bertz CT molecular complexity index is 1060. The summed E-state index contributed by atoms with van der Waals surface area (Å²) in [6.07, 6.45) is 4.17. The molecule has 6 heteroatoms. The number of methoxy groups -OCH3 is 1. The van der Waals surface area contributed by atoms with Gasteiger partial charge in [0.2, 0.25) is 0 Å². The number of rotatable bonds is 6. The van der Waals surface area contributed by atoms with Crippen LogP contribution in [0.1, 0.15) is 52.1 Å². The van der Waals surface area contributed by atoms with Crippen LogP contribution in [0.5, 0.6) is 0 Å². The average Bonchev–Trinajstić information content (AvgIpc) is 3.22. The molecular formula is C25H28N2O4. The summed E-state index contributed by atoms with van der Waals surface area (Å²) in [5.41, 5.74) is 3.05. The summed E-state index contributed by atoms with van der Waals surface area (Å²) in [7, 11) is 1.36. The highest BCUT2D eigenvalue weighted by Crippen LogP contribution is 2.25.